The van der Waals surface area contributed by atoms with Gasteiger partial charge in [-0.2, -0.15) is 9.97 Å². The number of carbonyl (C=O) groups is 11. The number of thiazole rings is 1. The van der Waals surface area contributed by atoms with Crippen LogP contribution in [0.1, 0.15) is 153 Å². The van der Waals surface area contributed by atoms with E-state index in [2.05, 4.69) is 129 Å². The lowest BCUT2D eigenvalue weighted by Gasteiger charge is -2.27. The summed E-state index contributed by atoms with van der Waals surface area (Å²) in [5.74, 6) is -5.75. The van der Waals surface area contributed by atoms with Gasteiger partial charge in [0, 0.05) is 69.4 Å². The van der Waals surface area contributed by atoms with Crippen LogP contribution in [-0.4, -0.2) is 195 Å². The average molecular weight is 1840 g/mol. The molecule has 10 rings (SSSR count). The highest BCUT2D eigenvalue weighted by Crippen LogP contribution is 2.39. The molecule has 5 aromatic heterocycles. The number of carboxylic acid groups (broad SMARTS) is 2. The Morgan fingerprint density at radius 1 is 0.693 bits per heavy atom. The van der Waals surface area contributed by atoms with E-state index in [0.29, 0.717) is 62.7 Å². The number of aliphatic imine (C=N–C) groups is 1. The highest BCUT2D eigenvalue weighted by molar-refractivity contribution is 8.14. The van der Waals surface area contributed by atoms with Crippen LogP contribution in [0.2, 0.25) is 51.4 Å². The smallest absolute Gasteiger partial charge is 0.413 e. The van der Waals surface area contributed by atoms with E-state index in [9.17, 15) is 67.4 Å². The Balaban J connectivity index is 0.000000330. The van der Waals surface area contributed by atoms with Gasteiger partial charge in [-0.25, -0.2) is 39.3 Å². The number of aromatic amines is 2. The molecule has 2 aliphatic rings. The predicted octanol–water partition coefficient (Wildman–Crippen LogP) is 10.3. The van der Waals surface area contributed by atoms with Crippen LogP contribution in [0.15, 0.2) is 112 Å². The molecule has 3 aromatic carbocycles. The van der Waals surface area contributed by atoms with Gasteiger partial charge in [0.15, 0.2) is 27.4 Å². The zero-order chi connectivity index (χ0) is 92.1. The zero-order valence-corrected chi connectivity index (χ0v) is 76.9. The quantitative estimate of drug-likeness (QED) is 0.00560. The third kappa shape index (κ3) is 31.7. The Morgan fingerprint density at radius 2 is 1.28 bits per heavy atom. The first-order valence-electron chi connectivity index (χ1n) is 41.7. The van der Waals surface area contributed by atoms with Crippen LogP contribution in [0, 0.1) is 5.92 Å². The maximum Gasteiger partial charge on any atom is 0.413 e. The molecule has 0 saturated carbocycles. The number of amides is 6. The van der Waals surface area contributed by atoms with Crippen molar-refractivity contribution in [2.75, 3.05) is 46.4 Å². The van der Waals surface area contributed by atoms with Crippen molar-refractivity contribution in [1.29, 1.82) is 0 Å². The first-order chi connectivity index (χ1) is 60.4. The molecule has 14 N–H and O–H groups in total. The lowest BCUT2D eigenvalue weighted by Crippen LogP contribution is -2.56. The Labute approximate surface area is 747 Å². The van der Waals surface area contributed by atoms with E-state index in [0.717, 1.165) is 48.2 Å². The number of anilines is 4. The number of esters is 2. The summed E-state index contributed by atoms with van der Waals surface area (Å²) in [6.45, 7) is 21.3. The molecule has 0 fully saturated rings. The highest BCUT2D eigenvalue weighted by atomic mass is 32.2. The Morgan fingerprint density at radius 3 is 1.88 bits per heavy atom. The molecule has 7 heterocycles. The Hall–Kier alpha value is -12.2. The monoisotopic (exact) mass is 1840 g/mol. The molecular formula is C85H109N19O18S3Si2. The van der Waals surface area contributed by atoms with Gasteiger partial charge in [0.05, 0.1) is 74.0 Å². The maximum absolute atomic E-state index is 14.0. The van der Waals surface area contributed by atoms with Crippen LogP contribution < -0.4 is 59.4 Å². The number of aromatic nitrogens is 9. The lowest BCUT2D eigenvalue weighted by molar-refractivity contribution is -0.147. The van der Waals surface area contributed by atoms with Crippen LogP contribution in [0.25, 0.3) is 32.8 Å². The van der Waals surface area contributed by atoms with E-state index < -0.39 is 111 Å². The number of unbranched alkanes of at least 4 members (excludes halogenated alkanes) is 4. The molecule has 127 heavy (non-hydrogen) atoms. The van der Waals surface area contributed by atoms with Crippen LogP contribution >= 0.6 is 34.9 Å². The minimum Gasteiger partial charge on any atom is -0.481 e. The molecule has 42 heteroatoms. The van der Waals surface area contributed by atoms with Gasteiger partial charge in [-0.15, -0.1) is 23.1 Å². The number of nitrogens with two attached hydrogens (primary N) is 1. The van der Waals surface area contributed by atoms with Crippen LogP contribution in [0.5, 0.6) is 0 Å². The molecule has 5 atom stereocenters. The van der Waals surface area contributed by atoms with Gasteiger partial charge in [0.1, 0.15) is 46.0 Å². The zero-order valence-electron chi connectivity index (χ0n) is 72.5. The second-order valence-corrected chi connectivity index (χ2v) is 47.7. The first-order valence-corrected chi connectivity index (χ1v) is 51.9. The summed E-state index contributed by atoms with van der Waals surface area (Å²) in [6.07, 6.45) is 11.3. The number of thioether (sulfide) groups is 2. The van der Waals surface area contributed by atoms with Gasteiger partial charge in [0.2, 0.25) is 29.6 Å². The van der Waals surface area contributed by atoms with E-state index in [-0.39, 0.29) is 140 Å². The number of benzene rings is 3. The normalized spacial score (nSPS) is 15.9. The largest absolute Gasteiger partial charge is 0.481 e. The van der Waals surface area contributed by atoms with Gasteiger partial charge < -0.3 is 67.4 Å². The number of aliphatic carboxylic acids is 2. The summed E-state index contributed by atoms with van der Waals surface area (Å²) < 4.78 is 16.0. The number of hydrogen-bond acceptors (Lipinski definition) is 30. The molecule has 4 bridgehead atoms. The van der Waals surface area contributed by atoms with Crippen molar-refractivity contribution in [3.05, 3.63) is 157 Å². The van der Waals surface area contributed by atoms with Crippen molar-refractivity contribution in [1.82, 2.24) is 71.4 Å². The van der Waals surface area contributed by atoms with Gasteiger partial charge in [0.25, 0.3) is 22.9 Å². The number of hydrogen-bond donors (Lipinski definition) is 13. The number of allylic oxidation sites excluding steroid dienone is 1. The first kappa shape index (κ1) is 98.6. The van der Waals surface area contributed by atoms with E-state index >= 15 is 0 Å². The molecule has 8 aromatic rings. The van der Waals surface area contributed by atoms with Crippen molar-refractivity contribution in [2.24, 2.45) is 10.9 Å². The molecule has 1 unspecified atom stereocenters. The topological polar surface area (TPSA) is 546 Å². The van der Waals surface area contributed by atoms with Crippen molar-refractivity contribution in [3.63, 3.8) is 0 Å². The highest BCUT2D eigenvalue weighted by Gasteiger charge is 2.42. The predicted molar refractivity (Wildman–Crippen MR) is 491 cm³/mol. The van der Waals surface area contributed by atoms with Crippen molar-refractivity contribution < 1.29 is 77.2 Å². The van der Waals surface area contributed by atoms with Crippen LogP contribution in [0.4, 0.5) is 28.1 Å². The SMILES string of the molecule is CCCCCCCC(=O)SCC/C=C/C1CC(=O)NCc2nc(c(-c3ccc(COC(=O)CC[C@H](NC(=O)c4ccc(NCc5cnc6nc(N)[nH]c(=O)c6n5)cc4)C(=O)O)cc3)s2)C2=N[C@@](C)(CS2)C(=O)N[C@@H](C(C)C)C(=O)N1.C[Si](C)(C)CCOC(=O)Nc1nc2ncc(CNc3ccc(C(=O)N[C@@H](CCC(=O)O)C(=O)OCC[Si](C)(C)C)cc3)nc2c(=O)[nH]1. The number of carboxylic acids is 2. The second kappa shape index (κ2) is 46.9. The summed E-state index contributed by atoms with van der Waals surface area (Å²) in [6, 6.07) is 17.3. The molecule has 6 amide bonds. The van der Waals surface area contributed by atoms with Gasteiger partial charge in [-0.3, -0.25) is 68.2 Å². The number of carbonyl (C=O) groups excluding carboxylic acids is 9. The van der Waals surface area contributed by atoms with Gasteiger partial charge >= 0.3 is 30.0 Å². The molecule has 0 radical (unpaired) electrons. The van der Waals surface area contributed by atoms with Crippen LogP contribution in [0.3, 0.4) is 0 Å². The molecule has 678 valence electrons. The molecule has 0 aliphatic carbocycles. The Kier molecular flexibility index (Phi) is 36.4. The third-order valence-corrected chi connectivity index (χ3v) is 26.4. The molecule has 0 spiro atoms. The second-order valence-electron chi connectivity index (χ2n) is 33.2. The fraction of sp³-hybridized carbons (Fsp3) is 0.447. The minimum atomic E-state index is -1.45. The number of fused-ring (bicyclic) bond motifs is 6. The van der Waals surface area contributed by atoms with Crippen molar-refractivity contribution >= 4 is 166 Å². The van der Waals surface area contributed by atoms with Gasteiger partial charge in [-0.05, 0) is 110 Å². The fourth-order valence-corrected chi connectivity index (χ4v) is 16.8. The minimum absolute atomic E-state index is 0.00886. The lowest BCUT2D eigenvalue weighted by atomic mass is 9.99. The molecule has 2 aliphatic heterocycles. The number of ether oxygens (including phenoxy) is 3. The maximum atomic E-state index is 14.0. The van der Waals surface area contributed by atoms with E-state index in [4.69, 9.17) is 35.0 Å². The van der Waals surface area contributed by atoms with E-state index in [1.807, 2.05) is 32.1 Å². The molecule has 0 saturated heterocycles. The number of nitrogens with zero attached hydrogens (tertiary/aromatic N) is 8. The summed E-state index contributed by atoms with van der Waals surface area (Å²) in [5.41, 5.74) is 7.90. The van der Waals surface area contributed by atoms with E-state index in [1.54, 1.807) is 61.5 Å². The summed E-state index contributed by atoms with van der Waals surface area (Å²) in [5, 5.41) is 42.8. The van der Waals surface area contributed by atoms with Crippen molar-refractivity contribution in [2.45, 2.75) is 212 Å². The Bertz CT molecular complexity index is 5450. The number of nitrogen functional groups attached to an aromatic ring is 1. The summed E-state index contributed by atoms with van der Waals surface area (Å²) in [7, 11) is -2.82. The molecule has 37 nitrogen and oxygen atoms in total. The molecular weight excluding hydrogens is 1730 g/mol. The third-order valence-electron chi connectivity index (χ3n) is 19.7. The number of H-pyrrole nitrogens is 2. The van der Waals surface area contributed by atoms with Crippen LogP contribution in [-0.2, 0) is 78.8 Å². The number of rotatable bonds is 39. The van der Waals surface area contributed by atoms with Gasteiger partial charge in [-0.1, -0.05) is 134 Å². The summed E-state index contributed by atoms with van der Waals surface area (Å²) >= 11 is 4.01. The van der Waals surface area contributed by atoms with E-state index in [1.165, 1.54) is 65.8 Å². The standard InChI is InChI=1S/C55H66N12O10S3.C30H43N7O8Si2/c1-5-6-7-8-9-13-42(70)78-24-11-10-12-36-25-39(68)58-28-40-63-44(51-67-55(4,30-79-51)53(76)64-43(31(2)3)49(72)61-36)46(80-40)33-16-14-32(15-17-33)29-77-41(69)23-22-38(52(74)75)62-48(71)34-18-20-35(21-19-34)57-26-37-27-59-47-45(60-37)50(73)66-54(56)65-47;1-46(2,3)15-13-44-28(42)22(11-12-23(38)39)34-26(40)19-7-9-20(10-8-19)31-17-21-18-32-25-24(33-21)27(41)36-29(35-25)37-30(43)45-14-16-47(4,5)6/h10,12,14-21,27,31,36,38,43,57H,5-9,11,13,22-26,28-30H2,1-4H3,(H,58,68)(H,61,72)(H,62,71)(H,64,76)(H,74,75)(H3,56,59,65,66,73);7-10,18,22,31H,11-17H2,1-6H3,(H,34,40)(H,38,39)(H2,32,35,36,37,41,43)/b12-10+;/t36?,38-,43-,55-;22-/m00/s1. The summed E-state index contributed by atoms with van der Waals surface area (Å²) in [4.78, 5) is 206. The fourth-order valence-electron chi connectivity index (χ4n) is 12.3. The average Bonchev–Trinajstić information content (AvgIpc) is 1.43. The number of nitrogens with one attached hydrogen (secondary N) is 10. The van der Waals surface area contributed by atoms with Crippen molar-refractivity contribution in [3.8, 4) is 10.4 Å².